The summed E-state index contributed by atoms with van der Waals surface area (Å²) in [6.45, 7) is 7.94. The Hall–Kier alpha value is -3.08. The lowest BCUT2D eigenvalue weighted by Crippen LogP contribution is -2.45. The smallest absolute Gasteiger partial charge is 0.230 e. The van der Waals surface area contributed by atoms with Crippen molar-refractivity contribution >= 4 is 23.1 Å². The second-order valence-corrected chi connectivity index (χ2v) is 9.44. The van der Waals surface area contributed by atoms with Crippen LogP contribution in [0.5, 0.6) is 5.75 Å². The molecule has 4 rings (SSSR count). The van der Waals surface area contributed by atoms with E-state index in [2.05, 4.69) is 25.2 Å². The number of allylic oxidation sites excluding steroid dienone is 1. The Morgan fingerprint density at radius 3 is 2.61 bits per heavy atom. The molecule has 5 nitrogen and oxygen atoms in total. The molecule has 162 valence electrons. The predicted molar refractivity (Wildman–Crippen MR) is 123 cm³/mol. The molecule has 1 aliphatic carbocycles. The molecule has 1 aliphatic heterocycles. The molecule has 0 bridgehead atoms. The number of carbonyl (C=O) groups is 2. The molecule has 0 aromatic heterocycles. The highest BCUT2D eigenvalue weighted by Crippen LogP contribution is 2.49. The van der Waals surface area contributed by atoms with Gasteiger partial charge in [0.25, 0.3) is 0 Å². The number of nitrogens with zero attached hydrogens (tertiary/aromatic N) is 1. The van der Waals surface area contributed by atoms with Gasteiger partial charge in [-0.1, -0.05) is 58.0 Å². The van der Waals surface area contributed by atoms with E-state index in [1.54, 1.807) is 7.11 Å². The number of anilines is 2. The zero-order valence-corrected chi connectivity index (χ0v) is 18.8. The molecule has 2 unspecified atom stereocenters. The van der Waals surface area contributed by atoms with E-state index in [1.165, 1.54) is 0 Å². The molecule has 1 N–H and O–H groups in total. The summed E-state index contributed by atoms with van der Waals surface area (Å²) >= 11 is 0. The van der Waals surface area contributed by atoms with Gasteiger partial charge in [0, 0.05) is 18.0 Å². The van der Waals surface area contributed by atoms with Crippen molar-refractivity contribution in [2.24, 2.45) is 17.3 Å². The summed E-state index contributed by atoms with van der Waals surface area (Å²) < 4.78 is 5.47. The first-order valence-corrected chi connectivity index (χ1v) is 10.8. The minimum atomic E-state index is -0.477. The van der Waals surface area contributed by atoms with Gasteiger partial charge in [0.15, 0.2) is 0 Å². The van der Waals surface area contributed by atoms with Gasteiger partial charge in [-0.05, 0) is 35.2 Å². The summed E-state index contributed by atoms with van der Waals surface area (Å²) in [6.07, 6.45) is 2.59. The number of ether oxygens (including phenoxy) is 1. The predicted octanol–water partition coefficient (Wildman–Crippen LogP) is 5.35. The number of amides is 1. The number of hydrogen-bond donors (Lipinski definition) is 1. The second-order valence-electron chi connectivity index (χ2n) is 9.44. The zero-order chi connectivity index (χ0) is 22.3. The van der Waals surface area contributed by atoms with E-state index in [0.717, 1.165) is 22.6 Å². The van der Waals surface area contributed by atoms with E-state index in [0.29, 0.717) is 12.2 Å². The van der Waals surface area contributed by atoms with Crippen LogP contribution in [0.2, 0.25) is 0 Å². The molecule has 2 aromatic carbocycles. The van der Waals surface area contributed by atoms with Crippen LogP contribution in [0.15, 0.2) is 60.3 Å². The highest BCUT2D eigenvalue weighted by Gasteiger charge is 2.46. The van der Waals surface area contributed by atoms with Crippen LogP contribution in [0.1, 0.15) is 45.7 Å². The van der Waals surface area contributed by atoms with Gasteiger partial charge < -0.3 is 15.0 Å². The minimum absolute atomic E-state index is 0.0130. The summed E-state index contributed by atoms with van der Waals surface area (Å²) in [5.41, 5.74) is 3.12. The van der Waals surface area contributed by atoms with Crippen molar-refractivity contribution in [1.29, 1.82) is 0 Å². The maximum Gasteiger partial charge on any atom is 0.230 e. The van der Waals surface area contributed by atoms with Crippen LogP contribution in [0.4, 0.5) is 11.4 Å². The molecule has 2 aliphatic rings. The Labute approximate surface area is 184 Å². The lowest BCUT2D eigenvalue weighted by atomic mass is 9.72. The Morgan fingerprint density at radius 1 is 1.16 bits per heavy atom. The number of para-hydroxylation sites is 2. The summed E-state index contributed by atoms with van der Waals surface area (Å²) in [6, 6.07) is 15.0. The minimum Gasteiger partial charge on any atom is -0.497 e. The van der Waals surface area contributed by atoms with Crippen molar-refractivity contribution < 1.29 is 14.3 Å². The van der Waals surface area contributed by atoms with E-state index < -0.39 is 12.0 Å². The van der Waals surface area contributed by atoms with Gasteiger partial charge in [-0.2, -0.15) is 0 Å². The van der Waals surface area contributed by atoms with Gasteiger partial charge in [-0.25, -0.2) is 0 Å². The maximum absolute atomic E-state index is 13.6. The number of hydrogen-bond acceptors (Lipinski definition) is 4. The third-order valence-electron chi connectivity index (χ3n) is 6.06. The third kappa shape index (κ3) is 3.85. The number of Topliss-reactive ketones (excluding diaryl/α,β-unsaturated/α-hetero) is 1. The summed E-state index contributed by atoms with van der Waals surface area (Å²) in [5, 5.41) is 3.51. The second kappa shape index (κ2) is 7.88. The number of methoxy groups -OCH3 is 1. The quantitative estimate of drug-likeness (QED) is 0.730. The first-order chi connectivity index (χ1) is 14.7. The Kier molecular flexibility index (Phi) is 5.38. The lowest BCUT2D eigenvalue weighted by molar-refractivity contribution is -0.125. The molecule has 2 atom stereocenters. The average molecular weight is 419 g/mol. The number of nitrogens with one attached hydrogen (secondary N) is 1. The fraction of sp³-hybridized carbons (Fsp3) is 0.385. The average Bonchev–Trinajstić information content (AvgIpc) is 2.86. The van der Waals surface area contributed by atoms with Crippen LogP contribution in [0, 0.1) is 17.3 Å². The molecule has 1 heterocycles. The van der Waals surface area contributed by atoms with E-state index in [9.17, 15) is 9.59 Å². The zero-order valence-electron chi connectivity index (χ0n) is 18.8. The number of benzene rings is 2. The van der Waals surface area contributed by atoms with E-state index in [-0.39, 0.29) is 23.0 Å². The highest BCUT2D eigenvalue weighted by molar-refractivity contribution is 6.02. The molecule has 0 spiro atoms. The molecule has 2 aromatic rings. The first-order valence-electron chi connectivity index (χ1n) is 10.8. The molecule has 31 heavy (non-hydrogen) atoms. The number of fused-ring (bicyclic) bond motifs is 2. The topological polar surface area (TPSA) is 58.6 Å². The van der Waals surface area contributed by atoms with Crippen molar-refractivity contribution in [1.82, 2.24) is 0 Å². The van der Waals surface area contributed by atoms with Crippen LogP contribution in [0.3, 0.4) is 0 Å². The summed E-state index contributed by atoms with van der Waals surface area (Å²) in [7, 11) is 1.62. The van der Waals surface area contributed by atoms with Crippen LogP contribution in [-0.4, -0.2) is 18.8 Å². The van der Waals surface area contributed by atoms with Crippen molar-refractivity contribution in [2.45, 2.75) is 40.2 Å². The molecule has 0 saturated carbocycles. The molecule has 0 fully saturated rings. The Bertz CT molecular complexity index is 1050. The van der Waals surface area contributed by atoms with Gasteiger partial charge in [0.05, 0.1) is 30.4 Å². The lowest BCUT2D eigenvalue weighted by Gasteiger charge is -2.39. The van der Waals surface area contributed by atoms with E-state index >= 15 is 0 Å². The standard InChI is InChI=1S/C26H30N2O3/c1-16(2)25(30)28-21-12-7-6-11-19(21)27-20-14-26(3,4)15-22(29)23(20)24(28)17-9-8-10-18(13-17)31-5/h6-14,16,23-24,27H,15H2,1-5H3. The van der Waals surface area contributed by atoms with Gasteiger partial charge >= 0.3 is 0 Å². The highest BCUT2D eigenvalue weighted by atomic mass is 16.5. The molecule has 0 radical (unpaired) electrons. The Balaban J connectivity index is 2.01. The first kappa shape index (κ1) is 21.2. The van der Waals surface area contributed by atoms with Crippen LogP contribution >= 0.6 is 0 Å². The normalized spacial score (nSPS) is 22.1. The molecular weight excluding hydrogens is 388 g/mol. The molecule has 1 amide bonds. The molecule has 5 heteroatoms. The monoisotopic (exact) mass is 418 g/mol. The van der Waals surface area contributed by atoms with E-state index in [1.807, 2.05) is 67.3 Å². The van der Waals surface area contributed by atoms with Crippen molar-refractivity contribution in [3.05, 3.63) is 65.9 Å². The van der Waals surface area contributed by atoms with Gasteiger partial charge in [-0.3, -0.25) is 9.59 Å². The van der Waals surface area contributed by atoms with Crippen LogP contribution in [0.25, 0.3) is 0 Å². The molecular formula is C26H30N2O3. The Morgan fingerprint density at radius 2 is 1.90 bits per heavy atom. The van der Waals surface area contributed by atoms with Crippen molar-refractivity contribution in [3.8, 4) is 5.75 Å². The fourth-order valence-corrected chi connectivity index (χ4v) is 4.70. The van der Waals surface area contributed by atoms with Crippen LogP contribution < -0.4 is 15.0 Å². The fourth-order valence-electron chi connectivity index (χ4n) is 4.70. The van der Waals surface area contributed by atoms with Gasteiger partial charge in [0.2, 0.25) is 5.91 Å². The SMILES string of the molecule is COc1cccc(C2C3C(=O)CC(C)(C)C=C3Nc3ccccc3N2C(=O)C(C)C)c1. The van der Waals surface area contributed by atoms with Crippen LogP contribution in [-0.2, 0) is 9.59 Å². The maximum atomic E-state index is 13.6. The van der Waals surface area contributed by atoms with Gasteiger partial charge in [-0.15, -0.1) is 0 Å². The van der Waals surface area contributed by atoms with Crippen molar-refractivity contribution in [3.63, 3.8) is 0 Å². The van der Waals surface area contributed by atoms with Crippen molar-refractivity contribution in [2.75, 3.05) is 17.3 Å². The number of rotatable bonds is 3. The molecule has 0 saturated heterocycles. The number of ketones is 1. The van der Waals surface area contributed by atoms with E-state index in [4.69, 9.17) is 4.74 Å². The summed E-state index contributed by atoms with van der Waals surface area (Å²) in [5.74, 6) is 0.129. The number of carbonyl (C=O) groups excluding carboxylic acids is 2. The van der Waals surface area contributed by atoms with Gasteiger partial charge in [0.1, 0.15) is 11.5 Å². The third-order valence-corrected chi connectivity index (χ3v) is 6.06. The summed E-state index contributed by atoms with van der Waals surface area (Å²) in [4.78, 5) is 29.0. The largest absolute Gasteiger partial charge is 0.497 e.